The third-order valence-electron chi connectivity index (χ3n) is 1.82. The lowest BCUT2D eigenvalue weighted by Gasteiger charge is -1.96. The number of nitrogens with zero attached hydrogens (tertiary/aromatic N) is 1. The molecule has 0 spiro atoms. The average molecular weight is 219 g/mol. The van der Waals surface area contributed by atoms with E-state index in [0.29, 0.717) is 18.3 Å². The molecule has 5 nitrogen and oxygen atoms in total. The summed E-state index contributed by atoms with van der Waals surface area (Å²) in [4.78, 5) is 20.5. The van der Waals surface area contributed by atoms with Gasteiger partial charge in [-0.05, 0) is 12.1 Å². The normalized spacial score (nSPS) is 9.06. The van der Waals surface area contributed by atoms with Gasteiger partial charge in [-0.15, -0.1) is 0 Å². The highest BCUT2D eigenvalue weighted by atomic mass is 16.6. The van der Waals surface area contributed by atoms with Gasteiger partial charge < -0.3 is 5.11 Å². The first-order valence-corrected chi connectivity index (χ1v) is 4.52. The Morgan fingerprint density at radius 2 is 2.25 bits per heavy atom. The summed E-state index contributed by atoms with van der Waals surface area (Å²) < 4.78 is 0. The van der Waals surface area contributed by atoms with Gasteiger partial charge >= 0.3 is 0 Å². The number of aliphatic hydroxyl groups excluding tert-OH is 1. The fourth-order valence-corrected chi connectivity index (χ4v) is 1.10. The number of aldehydes is 1. The molecule has 5 heteroatoms. The summed E-state index contributed by atoms with van der Waals surface area (Å²) in [6, 6.07) is 4.13. The molecule has 0 aliphatic carbocycles. The minimum Gasteiger partial charge on any atom is -0.395 e. The fraction of sp³-hybridized carbons (Fsp3) is 0.182. The Morgan fingerprint density at radius 1 is 1.50 bits per heavy atom. The number of carbonyl (C=O) groups excluding carboxylic acids is 1. The Bertz CT molecular complexity index is 471. The van der Waals surface area contributed by atoms with E-state index >= 15 is 0 Å². The van der Waals surface area contributed by atoms with Gasteiger partial charge in [-0.25, -0.2) is 0 Å². The summed E-state index contributed by atoms with van der Waals surface area (Å²) in [6.07, 6.45) is 0.742. The van der Waals surface area contributed by atoms with E-state index in [4.69, 9.17) is 5.11 Å². The Hall–Kier alpha value is -2.19. The smallest absolute Gasteiger partial charge is 0.281 e. The van der Waals surface area contributed by atoms with Gasteiger partial charge in [0.2, 0.25) is 0 Å². The second-order valence-corrected chi connectivity index (χ2v) is 2.92. The molecule has 82 valence electrons. The molecule has 0 aromatic heterocycles. The predicted molar refractivity (Wildman–Crippen MR) is 57.1 cm³/mol. The number of nitro groups is 1. The lowest BCUT2D eigenvalue weighted by atomic mass is 10.1. The maximum Gasteiger partial charge on any atom is 0.281 e. The van der Waals surface area contributed by atoms with Crippen LogP contribution in [-0.2, 0) is 0 Å². The van der Waals surface area contributed by atoms with E-state index in [-0.39, 0.29) is 17.9 Å². The van der Waals surface area contributed by atoms with Crippen LogP contribution in [0.4, 0.5) is 5.69 Å². The molecule has 0 radical (unpaired) electrons. The van der Waals surface area contributed by atoms with E-state index in [1.54, 1.807) is 0 Å². The third kappa shape index (κ3) is 2.90. The standard InChI is InChI=1S/C11H9NO4/c13-6-2-1-3-9-4-5-10(8-14)11(7-9)12(15)16/h4-5,7-8,13H,2,6H2. The zero-order chi connectivity index (χ0) is 12.0. The van der Waals surface area contributed by atoms with Gasteiger partial charge in [0.25, 0.3) is 5.69 Å². The molecule has 0 heterocycles. The van der Waals surface area contributed by atoms with Gasteiger partial charge in [0, 0.05) is 18.1 Å². The van der Waals surface area contributed by atoms with Crippen LogP contribution in [0.25, 0.3) is 0 Å². The number of hydrogen-bond donors (Lipinski definition) is 1. The monoisotopic (exact) mass is 219 g/mol. The second kappa shape index (κ2) is 5.63. The highest BCUT2D eigenvalue weighted by Crippen LogP contribution is 2.18. The molecular formula is C11H9NO4. The van der Waals surface area contributed by atoms with E-state index in [0.717, 1.165) is 0 Å². The topological polar surface area (TPSA) is 80.4 Å². The SMILES string of the molecule is O=Cc1ccc(C#CCCO)cc1[N+](=O)[O-]. The maximum absolute atomic E-state index is 10.6. The van der Waals surface area contributed by atoms with Crippen LogP contribution in [0.1, 0.15) is 22.3 Å². The molecule has 1 aromatic rings. The van der Waals surface area contributed by atoms with Gasteiger partial charge in [-0.2, -0.15) is 0 Å². The van der Waals surface area contributed by atoms with Crippen molar-refractivity contribution in [2.24, 2.45) is 0 Å². The summed E-state index contributed by atoms with van der Waals surface area (Å²) in [5, 5.41) is 19.1. The molecule has 0 unspecified atom stereocenters. The van der Waals surface area contributed by atoms with Crippen molar-refractivity contribution in [1.82, 2.24) is 0 Å². The van der Waals surface area contributed by atoms with E-state index in [9.17, 15) is 14.9 Å². The van der Waals surface area contributed by atoms with Crippen LogP contribution in [-0.4, -0.2) is 22.9 Å². The van der Waals surface area contributed by atoms with Crippen molar-refractivity contribution in [2.45, 2.75) is 6.42 Å². The zero-order valence-corrected chi connectivity index (χ0v) is 8.34. The third-order valence-corrected chi connectivity index (χ3v) is 1.82. The molecule has 1 rings (SSSR count). The molecule has 0 saturated carbocycles. The molecule has 0 aliphatic heterocycles. The van der Waals surface area contributed by atoms with Gasteiger partial charge in [0.1, 0.15) is 0 Å². The van der Waals surface area contributed by atoms with Crippen LogP contribution in [0.3, 0.4) is 0 Å². The Labute approximate surface area is 91.9 Å². The number of benzene rings is 1. The molecule has 0 bridgehead atoms. The first-order valence-electron chi connectivity index (χ1n) is 4.52. The molecule has 0 aliphatic rings. The van der Waals surface area contributed by atoms with Crippen LogP contribution in [0, 0.1) is 22.0 Å². The first-order chi connectivity index (χ1) is 7.69. The van der Waals surface area contributed by atoms with Crippen LogP contribution in [0.2, 0.25) is 0 Å². The summed E-state index contributed by atoms with van der Waals surface area (Å²) in [5.41, 5.74) is 0.217. The molecule has 0 amide bonds. The molecule has 0 atom stereocenters. The van der Waals surface area contributed by atoms with Crippen molar-refractivity contribution in [1.29, 1.82) is 0 Å². The second-order valence-electron chi connectivity index (χ2n) is 2.92. The fourth-order valence-electron chi connectivity index (χ4n) is 1.10. The quantitative estimate of drug-likeness (QED) is 0.358. The summed E-state index contributed by atoms with van der Waals surface area (Å²) in [6.45, 7) is -0.0541. The minimum absolute atomic E-state index is 0.0257. The number of nitro benzene ring substituents is 1. The number of rotatable bonds is 3. The number of aliphatic hydroxyl groups is 1. The van der Waals surface area contributed by atoms with Crippen LogP contribution in [0.15, 0.2) is 18.2 Å². The number of carbonyl (C=O) groups is 1. The van der Waals surface area contributed by atoms with Crippen LogP contribution < -0.4 is 0 Å². The molecule has 1 N–H and O–H groups in total. The van der Waals surface area contributed by atoms with Gasteiger partial charge in [0.15, 0.2) is 6.29 Å². The molecule has 0 saturated heterocycles. The van der Waals surface area contributed by atoms with Gasteiger partial charge in [-0.1, -0.05) is 11.8 Å². The van der Waals surface area contributed by atoms with Crippen molar-refractivity contribution in [2.75, 3.05) is 6.61 Å². The predicted octanol–water partition coefficient (Wildman–Crippen LogP) is 1.14. The largest absolute Gasteiger partial charge is 0.395 e. The summed E-state index contributed by atoms with van der Waals surface area (Å²) >= 11 is 0. The van der Waals surface area contributed by atoms with Crippen LogP contribution in [0.5, 0.6) is 0 Å². The van der Waals surface area contributed by atoms with Gasteiger partial charge in [-0.3, -0.25) is 14.9 Å². The van der Waals surface area contributed by atoms with Crippen LogP contribution >= 0.6 is 0 Å². The molecular weight excluding hydrogens is 210 g/mol. The van der Waals surface area contributed by atoms with Crippen molar-refractivity contribution in [3.8, 4) is 11.8 Å². The first kappa shape index (κ1) is 11.9. The highest BCUT2D eigenvalue weighted by Gasteiger charge is 2.12. The summed E-state index contributed by atoms with van der Waals surface area (Å²) in [5.74, 6) is 5.31. The molecule has 1 aromatic carbocycles. The Kier molecular flexibility index (Phi) is 4.18. The van der Waals surface area contributed by atoms with Crippen molar-refractivity contribution >= 4 is 12.0 Å². The zero-order valence-electron chi connectivity index (χ0n) is 8.34. The lowest BCUT2D eigenvalue weighted by Crippen LogP contribution is -1.94. The van der Waals surface area contributed by atoms with E-state index < -0.39 is 4.92 Å². The van der Waals surface area contributed by atoms with Crippen molar-refractivity contribution in [3.05, 3.63) is 39.4 Å². The minimum atomic E-state index is -0.624. The van der Waals surface area contributed by atoms with Crippen molar-refractivity contribution < 1.29 is 14.8 Å². The Balaban J connectivity index is 3.08. The maximum atomic E-state index is 10.6. The lowest BCUT2D eigenvalue weighted by molar-refractivity contribution is -0.385. The average Bonchev–Trinajstić information content (AvgIpc) is 2.29. The van der Waals surface area contributed by atoms with Crippen molar-refractivity contribution in [3.63, 3.8) is 0 Å². The van der Waals surface area contributed by atoms with E-state index in [2.05, 4.69) is 11.8 Å². The molecule has 0 fully saturated rings. The summed E-state index contributed by atoms with van der Waals surface area (Å²) in [7, 11) is 0. The number of hydrogen-bond acceptors (Lipinski definition) is 4. The highest BCUT2D eigenvalue weighted by molar-refractivity contribution is 5.81. The van der Waals surface area contributed by atoms with E-state index in [1.807, 2.05) is 0 Å². The van der Waals surface area contributed by atoms with E-state index in [1.165, 1.54) is 18.2 Å². The van der Waals surface area contributed by atoms with Gasteiger partial charge in [0.05, 0.1) is 17.1 Å². The Morgan fingerprint density at radius 3 is 2.81 bits per heavy atom. The molecule has 16 heavy (non-hydrogen) atoms.